The van der Waals surface area contributed by atoms with E-state index >= 15 is 0 Å². The van der Waals surface area contributed by atoms with Crippen LogP contribution in [0.3, 0.4) is 0 Å². The smallest absolute Gasteiger partial charge is 0.266 e. The monoisotopic (exact) mass is 413 g/mol. The number of carboxylic acid groups (broad SMARTS) is 1. The number of amides is 3. The molecule has 1 aliphatic heterocycles. The maximum atomic E-state index is 13.0. The predicted octanol–water partition coefficient (Wildman–Crippen LogP) is 2.72. The third-order valence-electron chi connectivity index (χ3n) is 5.25. The minimum Gasteiger partial charge on any atom is -0.545 e. The Kier molecular flexibility index (Phi) is 4.87. The molecule has 7 nitrogen and oxygen atoms in total. The third-order valence-corrected chi connectivity index (χ3v) is 5.25. The van der Waals surface area contributed by atoms with Gasteiger partial charge in [0.15, 0.2) is 0 Å². The summed E-state index contributed by atoms with van der Waals surface area (Å²) in [4.78, 5) is 50.5. The van der Waals surface area contributed by atoms with Crippen molar-refractivity contribution in [2.24, 2.45) is 0 Å². The number of fused-ring (bicyclic) bond motifs is 1. The van der Waals surface area contributed by atoms with Crippen LogP contribution in [0.15, 0.2) is 60.7 Å². The molecule has 0 aliphatic carbocycles. The molecule has 31 heavy (non-hydrogen) atoms. The number of imide groups is 1. The second-order valence-corrected chi connectivity index (χ2v) is 7.30. The molecule has 0 atom stereocenters. The number of aryl methyl sites for hydroxylation is 2. The average Bonchev–Trinajstić information content (AvgIpc) is 3.00. The summed E-state index contributed by atoms with van der Waals surface area (Å²) < 4.78 is 0. The number of hydrogen-bond donors (Lipinski definition) is 1. The van der Waals surface area contributed by atoms with E-state index in [0.717, 1.165) is 16.0 Å². The first kappa shape index (κ1) is 20.0. The number of aromatic carboxylic acids is 1. The fourth-order valence-electron chi connectivity index (χ4n) is 3.41. The summed E-state index contributed by atoms with van der Waals surface area (Å²) in [7, 11) is 0. The molecule has 0 aromatic heterocycles. The van der Waals surface area contributed by atoms with E-state index in [1.165, 1.54) is 42.5 Å². The number of nitrogens with zero attached hydrogens (tertiary/aromatic N) is 1. The van der Waals surface area contributed by atoms with Gasteiger partial charge in [0, 0.05) is 11.3 Å². The molecule has 3 aromatic rings. The highest BCUT2D eigenvalue weighted by Crippen LogP contribution is 2.30. The number of carbonyl (C=O) groups excluding carboxylic acids is 4. The van der Waals surface area contributed by atoms with Crippen LogP contribution < -0.4 is 15.3 Å². The predicted molar refractivity (Wildman–Crippen MR) is 112 cm³/mol. The zero-order valence-electron chi connectivity index (χ0n) is 16.8. The summed E-state index contributed by atoms with van der Waals surface area (Å²) in [5.41, 5.74) is 3.19. The van der Waals surface area contributed by atoms with Crippen LogP contribution in [0, 0.1) is 13.8 Å². The third kappa shape index (κ3) is 3.57. The van der Waals surface area contributed by atoms with Crippen molar-refractivity contribution in [2.75, 3.05) is 10.2 Å². The van der Waals surface area contributed by atoms with Crippen molar-refractivity contribution < 1.29 is 24.3 Å². The van der Waals surface area contributed by atoms with Crippen molar-refractivity contribution in [2.45, 2.75) is 13.8 Å². The molecule has 1 aliphatic rings. The van der Waals surface area contributed by atoms with Gasteiger partial charge in [-0.05, 0) is 73.0 Å². The molecule has 1 N–H and O–H groups in total. The maximum absolute atomic E-state index is 13.0. The largest absolute Gasteiger partial charge is 0.545 e. The second-order valence-electron chi connectivity index (χ2n) is 7.30. The minimum absolute atomic E-state index is 0.0726. The van der Waals surface area contributed by atoms with Gasteiger partial charge in [0.05, 0.1) is 22.8 Å². The molecule has 0 saturated carbocycles. The van der Waals surface area contributed by atoms with Crippen molar-refractivity contribution in [1.29, 1.82) is 0 Å². The summed E-state index contributed by atoms with van der Waals surface area (Å²) in [6.07, 6.45) is 0. The highest BCUT2D eigenvalue weighted by molar-refractivity contribution is 6.34. The fourth-order valence-corrected chi connectivity index (χ4v) is 3.41. The van der Waals surface area contributed by atoms with E-state index in [1.54, 1.807) is 12.1 Å². The molecule has 154 valence electrons. The molecule has 3 aromatic carbocycles. The van der Waals surface area contributed by atoms with Crippen LogP contribution in [-0.2, 0) is 0 Å². The molecule has 0 spiro atoms. The lowest BCUT2D eigenvalue weighted by atomic mass is 10.1. The van der Waals surface area contributed by atoms with E-state index in [0.29, 0.717) is 5.69 Å². The summed E-state index contributed by atoms with van der Waals surface area (Å²) in [6, 6.07) is 15.2. The van der Waals surface area contributed by atoms with Crippen molar-refractivity contribution >= 4 is 35.1 Å². The molecule has 4 rings (SSSR count). The van der Waals surface area contributed by atoms with Gasteiger partial charge in [0.1, 0.15) is 0 Å². The first-order chi connectivity index (χ1) is 14.8. The Hall–Kier alpha value is -4.26. The van der Waals surface area contributed by atoms with Crippen molar-refractivity contribution in [3.8, 4) is 0 Å². The van der Waals surface area contributed by atoms with E-state index < -0.39 is 23.7 Å². The Morgan fingerprint density at radius 1 is 0.806 bits per heavy atom. The fraction of sp³-hybridized carbons (Fsp3) is 0.0833. The quantitative estimate of drug-likeness (QED) is 0.662. The number of anilines is 2. The van der Waals surface area contributed by atoms with Gasteiger partial charge in [-0.25, -0.2) is 4.90 Å². The van der Waals surface area contributed by atoms with Crippen LogP contribution in [0.2, 0.25) is 0 Å². The van der Waals surface area contributed by atoms with Gasteiger partial charge in [-0.15, -0.1) is 0 Å². The number of benzene rings is 3. The molecule has 1 heterocycles. The maximum Gasteiger partial charge on any atom is 0.266 e. The topological polar surface area (TPSA) is 107 Å². The molecule has 0 fully saturated rings. The average molecular weight is 413 g/mol. The Balaban J connectivity index is 1.62. The lowest BCUT2D eigenvalue weighted by molar-refractivity contribution is -0.255. The molecule has 3 amide bonds. The first-order valence-corrected chi connectivity index (χ1v) is 9.49. The number of carbonyl (C=O) groups is 4. The summed E-state index contributed by atoms with van der Waals surface area (Å²) >= 11 is 0. The number of rotatable bonds is 4. The molecule has 7 heteroatoms. The Bertz CT molecular complexity index is 1280. The normalized spacial score (nSPS) is 12.6. The van der Waals surface area contributed by atoms with Crippen molar-refractivity contribution in [1.82, 2.24) is 0 Å². The second kappa shape index (κ2) is 7.53. The summed E-state index contributed by atoms with van der Waals surface area (Å²) in [5, 5.41) is 13.6. The highest BCUT2D eigenvalue weighted by atomic mass is 16.4. The molecule has 0 radical (unpaired) electrons. The van der Waals surface area contributed by atoms with Crippen LogP contribution in [-0.4, -0.2) is 23.7 Å². The number of carboxylic acids is 1. The molecule has 0 bridgehead atoms. The molecular formula is C24H17N2O5-. The van der Waals surface area contributed by atoms with Gasteiger partial charge in [0.2, 0.25) is 0 Å². The Morgan fingerprint density at radius 2 is 1.55 bits per heavy atom. The van der Waals surface area contributed by atoms with Crippen LogP contribution in [0.25, 0.3) is 0 Å². The molecule has 0 unspecified atom stereocenters. The van der Waals surface area contributed by atoms with Gasteiger partial charge < -0.3 is 15.2 Å². The lowest BCUT2D eigenvalue weighted by Crippen LogP contribution is -2.29. The molecular weight excluding hydrogens is 396 g/mol. The summed E-state index contributed by atoms with van der Waals surface area (Å²) in [6.45, 7) is 3.84. The van der Waals surface area contributed by atoms with E-state index in [4.69, 9.17) is 0 Å². The Labute approximate surface area is 177 Å². The van der Waals surface area contributed by atoms with Crippen molar-refractivity contribution in [3.63, 3.8) is 0 Å². The summed E-state index contributed by atoms with van der Waals surface area (Å²) in [5.74, 6) is -2.85. The van der Waals surface area contributed by atoms with E-state index in [1.807, 2.05) is 19.9 Å². The van der Waals surface area contributed by atoms with Crippen molar-refractivity contribution in [3.05, 3.63) is 94.0 Å². The van der Waals surface area contributed by atoms with Gasteiger partial charge in [0.25, 0.3) is 17.7 Å². The van der Waals surface area contributed by atoms with Gasteiger partial charge in [-0.1, -0.05) is 18.2 Å². The van der Waals surface area contributed by atoms with E-state index in [2.05, 4.69) is 5.32 Å². The zero-order chi connectivity index (χ0) is 22.3. The Morgan fingerprint density at radius 3 is 2.26 bits per heavy atom. The van der Waals surface area contributed by atoms with Crippen LogP contribution in [0.4, 0.5) is 11.4 Å². The van der Waals surface area contributed by atoms with Crippen LogP contribution in [0.1, 0.15) is 52.6 Å². The number of hydrogen-bond acceptors (Lipinski definition) is 5. The SMILES string of the molecule is Cc1ccc(N2C(=O)c3ccc(C(=O)Nc4cccc(C(=O)[O-])c4)cc3C2=O)cc1C. The van der Waals surface area contributed by atoms with Gasteiger partial charge >= 0.3 is 0 Å². The highest BCUT2D eigenvalue weighted by Gasteiger charge is 2.37. The van der Waals surface area contributed by atoms with Crippen LogP contribution >= 0.6 is 0 Å². The van der Waals surface area contributed by atoms with Gasteiger partial charge in [-0.3, -0.25) is 14.4 Å². The first-order valence-electron chi connectivity index (χ1n) is 9.49. The minimum atomic E-state index is -1.36. The van der Waals surface area contributed by atoms with Gasteiger partial charge in [-0.2, -0.15) is 0 Å². The van der Waals surface area contributed by atoms with E-state index in [9.17, 15) is 24.3 Å². The zero-order valence-corrected chi connectivity index (χ0v) is 16.8. The van der Waals surface area contributed by atoms with E-state index in [-0.39, 0.29) is 27.9 Å². The standard InChI is InChI=1S/C24H18N2O5/c1-13-6-8-18(10-14(13)2)26-22(28)19-9-7-15(12-20(19)23(26)29)21(27)25-17-5-3-4-16(11-17)24(30)31/h3-12H,1-2H3,(H,25,27)(H,30,31)/p-1. The van der Waals surface area contributed by atoms with Crippen LogP contribution in [0.5, 0.6) is 0 Å². The lowest BCUT2D eigenvalue weighted by Gasteiger charge is -2.15. The number of nitrogens with one attached hydrogen (secondary N) is 1. The molecule has 0 saturated heterocycles.